The number of carbonyl (C=O) groups is 1. The largest absolute Gasteiger partial charge is 0.356 e. The van der Waals surface area contributed by atoms with Gasteiger partial charge >= 0.3 is 0 Å². The van der Waals surface area contributed by atoms with E-state index in [1.54, 1.807) is 7.05 Å². The molecule has 1 aliphatic rings. The second-order valence-electron chi connectivity index (χ2n) is 7.26. The molecule has 1 aliphatic heterocycles. The van der Waals surface area contributed by atoms with Crippen LogP contribution in [-0.2, 0) is 21.2 Å². The highest BCUT2D eigenvalue weighted by molar-refractivity contribution is 14.0. The zero-order valence-electron chi connectivity index (χ0n) is 17.1. The third-order valence-corrected chi connectivity index (χ3v) is 6.78. The van der Waals surface area contributed by atoms with E-state index >= 15 is 0 Å². The first kappa shape index (κ1) is 24.4. The van der Waals surface area contributed by atoms with Crippen molar-refractivity contribution in [1.82, 2.24) is 20.5 Å². The highest BCUT2D eigenvalue weighted by atomic mass is 127. The summed E-state index contributed by atoms with van der Waals surface area (Å²) in [4.78, 5) is 16.1. The molecule has 1 unspecified atom stereocenters. The average molecular weight is 547 g/mol. The molecule has 3 rings (SSSR count). The third kappa shape index (κ3) is 7.15. The summed E-state index contributed by atoms with van der Waals surface area (Å²) in [6.45, 7) is 2.11. The highest BCUT2D eigenvalue weighted by Gasteiger charge is 2.28. The van der Waals surface area contributed by atoms with Crippen molar-refractivity contribution in [2.75, 3.05) is 31.6 Å². The van der Waals surface area contributed by atoms with Crippen LogP contribution in [0.15, 0.2) is 41.5 Å². The molecule has 0 aliphatic carbocycles. The van der Waals surface area contributed by atoms with Crippen LogP contribution in [0, 0.1) is 0 Å². The topological polar surface area (TPSA) is 105 Å². The Hall–Kier alpha value is -1.82. The number of benzene rings is 1. The van der Waals surface area contributed by atoms with Crippen molar-refractivity contribution in [2.45, 2.75) is 31.8 Å². The van der Waals surface area contributed by atoms with Gasteiger partial charge in [0, 0.05) is 50.9 Å². The Morgan fingerprint density at radius 3 is 2.70 bits per heavy atom. The van der Waals surface area contributed by atoms with Crippen LogP contribution in [0.25, 0.3) is 10.9 Å². The van der Waals surface area contributed by atoms with Gasteiger partial charge in [0.1, 0.15) is 0 Å². The summed E-state index contributed by atoms with van der Waals surface area (Å²) in [6.07, 6.45) is 3.82. The van der Waals surface area contributed by atoms with Gasteiger partial charge in [0.15, 0.2) is 15.8 Å². The van der Waals surface area contributed by atoms with Gasteiger partial charge in [0.25, 0.3) is 0 Å². The van der Waals surface area contributed by atoms with Crippen LogP contribution in [0.3, 0.4) is 0 Å². The van der Waals surface area contributed by atoms with Gasteiger partial charge in [0.05, 0.1) is 11.5 Å². The second-order valence-corrected chi connectivity index (χ2v) is 9.49. The number of guanidine groups is 1. The van der Waals surface area contributed by atoms with Crippen molar-refractivity contribution in [3.8, 4) is 0 Å². The minimum Gasteiger partial charge on any atom is -0.356 e. The quantitative estimate of drug-likeness (QED) is 0.201. The number of halogens is 1. The van der Waals surface area contributed by atoms with E-state index in [4.69, 9.17) is 0 Å². The summed E-state index contributed by atoms with van der Waals surface area (Å²) in [5, 5.41) is 10.4. The molecule has 3 N–H and O–H groups in total. The molecule has 1 saturated heterocycles. The zero-order valence-corrected chi connectivity index (χ0v) is 20.3. The van der Waals surface area contributed by atoms with Gasteiger partial charge in [-0.25, -0.2) is 8.42 Å². The summed E-state index contributed by atoms with van der Waals surface area (Å²) in [5.41, 5.74) is 1.23. The molecule has 1 aromatic heterocycles. The molecule has 0 bridgehead atoms. The number of carbonyl (C=O) groups excluding carboxylic acids is 1. The monoisotopic (exact) mass is 547 g/mol. The number of sulfone groups is 1. The standard InChI is InChI=1S/C20H29N5O3S.HI/c1-21-20(23-11-7-19(26)24-17-9-14-29(27,28)15-17)22-10-4-12-25-13-8-16-5-2-3-6-18(16)25;/h2-3,5-6,8,13,17H,4,7,9-12,14-15H2,1H3,(H,24,26)(H2,21,22,23);1H. The Morgan fingerprint density at radius 2 is 1.97 bits per heavy atom. The predicted octanol–water partition coefficient (Wildman–Crippen LogP) is 1.51. The van der Waals surface area contributed by atoms with Crippen LogP contribution in [0.2, 0.25) is 0 Å². The Morgan fingerprint density at radius 1 is 1.20 bits per heavy atom. The number of aromatic nitrogens is 1. The maximum Gasteiger partial charge on any atom is 0.222 e. The normalized spacial score (nSPS) is 18.0. The molecular weight excluding hydrogens is 517 g/mol. The molecule has 30 heavy (non-hydrogen) atoms. The number of nitrogens with one attached hydrogen (secondary N) is 3. The van der Waals surface area contributed by atoms with E-state index in [1.165, 1.54) is 10.9 Å². The van der Waals surface area contributed by atoms with Crippen LogP contribution < -0.4 is 16.0 Å². The van der Waals surface area contributed by atoms with Crippen molar-refractivity contribution < 1.29 is 13.2 Å². The van der Waals surface area contributed by atoms with Crippen molar-refractivity contribution in [3.63, 3.8) is 0 Å². The van der Waals surface area contributed by atoms with E-state index in [1.807, 2.05) is 12.1 Å². The van der Waals surface area contributed by atoms with Gasteiger partial charge in [-0.2, -0.15) is 0 Å². The minimum atomic E-state index is -2.98. The fourth-order valence-corrected chi connectivity index (χ4v) is 5.19. The molecule has 8 nitrogen and oxygen atoms in total. The molecule has 2 aromatic rings. The number of aliphatic imine (C=N–C) groups is 1. The van der Waals surface area contributed by atoms with Gasteiger partial charge in [-0.15, -0.1) is 24.0 Å². The Kier molecular flexibility index (Phi) is 9.40. The van der Waals surface area contributed by atoms with E-state index in [-0.39, 0.29) is 53.9 Å². The van der Waals surface area contributed by atoms with E-state index in [0.29, 0.717) is 18.9 Å². The first-order chi connectivity index (χ1) is 14.0. The number of aryl methyl sites for hydroxylation is 1. The first-order valence-electron chi connectivity index (χ1n) is 9.95. The van der Waals surface area contributed by atoms with Crippen molar-refractivity contribution in [1.29, 1.82) is 0 Å². The van der Waals surface area contributed by atoms with Gasteiger partial charge in [0.2, 0.25) is 5.91 Å². The van der Waals surface area contributed by atoms with Gasteiger partial charge in [-0.05, 0) is 30.4 Å². The van der Waals surface area contributed by atoms with E-state index in [9.17, 15) is 13.2 Å². The number of hydrogen-bond acceptors (Lipinski definition) is 4. The fraction of sp³-hybridized carbons (Fsp3) is 0.500. The summed E-state index contributed by atoms with van der Waals surface area (Å²) in [7, 11) is -1.29. The van der Waals surface area contributed by atoms with E-state index in [2.05, 4.69) is 49.9 Å². The average Bonchev–Trinajstić information content (AvgIpc) is 3.26. The molecule has 1 atom stereocenters. The number of amides is 1. The molecule has 1 amide bonds. The molecular formula is C20H30IN5O3S. The predicted molar refractivity (Wildman–Crippen MR) is 131 cm³/mol. The molecule has 0 spiro atoms. The van der Waals surface area contributed by atoms with Crippen LogP contribution >= 0.6 is 24.0 Å². The summed E-state index contributed by atoms with van der Waals surface area (Å²) < 4.78 is 25.1. The van der Waals surface area contributed by atoms with E-state index < -0.39 is 9.84 Å². The molecule has 2 heterocycles. The van der Waals surface area contributed by atoms with Crippen molar-refractivity contribution in [3.05, 3.63) is 36.5 Å². The maximum absolute atomic E-state index is 12.0. The number of para-hydroxylation sites is 1. The van der Waals surface area contributed by atoms with Gasteiger partial charge < -0.3 is 20.5 Å². The number of hydrogen-bond donors (Lipinski definition) is 3. The van der Waals surface area contributed by atoms with Gasteiger partial charge in [-0.3, -0.25) is 9.79 Å². The lowest BCUT2D eigenvalue weighted by Crippen LogP contribution is -2.41. The molecule has 10 heteroatoms. The number of rotatable bonds is 8. The van der Waals surface area contributed by atoms with Crippen LogP contribution in [-0.4, -0.2) is 62.5 Å². The smallest absolute Gasteiger partial charge is 0.222 e. The zero-order chi connectivity index (χ0) is 20.7. The molecule has 1 aromatic carbocycles. The third-order valence-electron chi connectivity index (χ3n) is 5.01. The van der Waals surface area contributed by atoms with Crippen LogP contribution in [0.5, 0.6) is 0 Å². The lowest BCUT2D eigenvalue weighted by molar-refractivity contribution is -0.121. The minimum absolute atomic E-state index is 0. The molecule has 0 radical (unpaired) electrons. The maximum atomic E-state index is 12.0. The fourth-order valence-electron chi connectivity index (χ4n) is 3.52. The summed E-state index contributed by atoms with van der Waals surface area (Å²) in [6, 6.07) is 10.2. The SMILES string of the molecule is CN=C(NCCCn1ccc2ccccc21)NCCC(=O)NC1CCS(=O)(=O)C1.I. The van der Waals surface area contributed by atoms with E-state index in [0.717, 1.165) is 19.5 Å². The second kappa shape index (κ2) is 11.5. The number of fused-ring (bicyclic) bond motifs is 1. The van der Waals surface area contributed by atoms with Crippen molar-refractivity contribution in [2.24, 2.45) is 4.99 Å². The Bertz CT molecular complexity index is 974. The molecule has 166 valence electrons. The lowest BCUT2D eigenvalue weighted by atomic mass is 10.2. The van der Waals surface area contributed by atoms with Crippen LogP contribution in [0.4, 0.5) is 0 Å². The first-order valence-corrected chi connectivity index (χ1v) is 11.8. The number of nitrogens with zero attached hydrogens (tertiary/aromatic N) is 2. The molecule has 0 saturated carbocycles. The van der Waals surface area contributed by atoms with Crippen LogP contribution in [0.1, 0.15) is 19.3 Å². The molecule has 1 fully saturated rings. The Balaban J connectivity index is 0.00000320. The van der Waals surface area contributed by atoms with Crippen molar-refractivity contribution >= 4 is 56.6 Å². The Labute approximate surface area is 194 Å². The summed E-state index contributed by atoms with van der Waals surface area (Å²) >= 11 is 0. The lowest BCUT2D eigenvalue weighted by Gasteiger charge is -2.14. The summed E-state index contributed by atoms with van der Waals surface area (Å²) in [5.74, 6) is 0.714. The highest BCUT2D eigenvalue weighted by Crippen LogP contribution is 2.15. The van der Waals surface area contributed by atoms with Gasteiger partial charge in [-0.1, -0.05) is 18.2 Å².